The summed E-state index contributed by atoms with van der Waals surface area (Å²) in [7, 11) is 0. The van der Waals surface area contributed by atoms with E-state index in [0.29, 0.717) is 5.76 Å². The van der Waals surface area contributed by atoms with Crippen LogP contribution >= 0.6 is 0 Å². The van der Waals surface area contributed by atoms with Crippen LogP contribution in [0.2, 0.25) is 0 Å². The van der Waals surface area contributed by atoms with Crippen molar-refractivity contribution in [1.82, 2.24) is 9.80 Å². The Morgan fingerprint density at radius 2 is 1.76 bits per heavy atom. The first-order chi connectivity index (χ1) is 16.2. The van der Waals surface area contributed by atoms with Crippen molar-refractivity contribution >= 4 is 18.2 Å². The Labute approximate surface area is 197 Å². The molecule has 5 heteroatoms. The molecule has 2 aromatic rings. The molecule has 4 rings (SSSR count). The summed E-state index contributed by atoms with van der Waals surface area (Å²) in [5.74, 6) is 0.425. The molecule has 0 atom stereocenters. The standard InChI is InChI=1S/C28H35N3O2/c1-23-9-8-10-24(19-23)21-30-15-17-31(18-16-30)27(20-29-25-11-4-2-5-12-25)28(22-32)33-26-13-6-3-7-14-26/h2,4-5,8-12,19-20,22,26H,3,6-7,13-18,21H2,1H3/b28-27-,29-20?. The second-order valence-electron chi connectivity index (χ2n) is 9.09. The van der Waals surface area contributed by atoms with Crippen molar-refractivity contribution in [3.63, 3.8) is 0 Å². The van der Waals surface area contributed by atoms with Gasteiger partial charge in [-0.25, -0.2) is 0 Å². The van der Waals surface area contributed by atoms with Gasteiger partial charge in [0.25, 0.3) is 0 Å². The van der Waals surface area contributed by atoms with Crippen LogP contribution in [0.4, 0.5) is 5.69 Å². The van der Waals surface area contributed by atoms with Crippen molar-refractivity contribution in [3.8, 4) is 0 Å². The normalized spacial score (nSPS) is 18.9. The highest BCUT2D eigenvalue weighted by molar-refractivity contribution is 5.88. The molecule has 0 N–H and O–H groups in total. The Kier molecular flexibility index (Phi) is 8.31. The lowest BCUT2D eigenvalue weighted by atomic mass is 9.98. The molecule has 0 aromatic heterocycles. The Balaban J connectivity index is 1.49. The van der Waals surface area contributed by atoms with Crippen molar-refractivity contribution in [3.05, 3.63) is 77.2 Å². The second kappa shape index (κ2) is 11.8. The minimum absolute atomic E-state index is 0.127. The quantitative estimate of drug-likeness (QED) is 0.240. The van der Waals surface area contributed by atoms with Gasteiger partial charge in [0, 0.05) is 32.7 Å². The first-order valence-electron chi connectivity index (χ1n) is 12.2. The number of carbonyl (C=O) groups is 1. The third-order valence-electron chi connectivity index (χ3n) is 6.50. The number of allylic oxidation sites excluding steroid dienone is 2. The maximum atomic E-state index is 12.1. The van der Waals surface area contributed by atoms with Gasteiger partial charge in [-0.15, -0.1) is 0 Å². The molecule has 1 aliphatic heterocycles. The highest BCUT2D eigenvalue weighted by atomic mass is 16.5. The fourth-order valence-corrected chi connectivity index (χ4v) is 4.68. The van der Waals surface area contributed by atoms with Gasteiger partial charge in [-0.05, 0) is 50.3 Å². The van der Waals surface area contributed by atoms with E-state index in [1.165, 1.54) is 30.4 Å². The van der Waals surface area contributed by atoms with E-state index >= 15 is 0 Å². The Bertz CT molecular complexity index is 956. The predicted octanol–water partition coefficient (Wildman–Crippen LogP) is 5.27. The lowest BCUT2D eigenvalue weighted by molar-refractivity contribution is -0.109. The summed E-state index contributed by atoms with van der Waals surface area (Å²) >= 11 is 0. The van der Waals surface area contributed by atoms with Crippen LogP contribution in [0.5, 0.6) is 0 Å². The van der Waals surface area contributed by atoms with Crippen LogP contribution in [-0.2, 0) is 16.1 Å². The lowest BCUT2D eigenvalue weighted by Gasteiger charge is -2.37. The molecule has 1 heterocycles. The molecule has 0 unspecified atom stereocenters. The van der Waals surface area contributed by atoms with Gasteiger partial charge in [-0.2, -0.15) is 0 Å². The minimum atomic E-state index is 0.127. The Hall–Kier alpha value is -2.92. The van der Waals surface area contributed by atoms with E-state index < -0.39 is 0 Å². The van der Waals surface area contributed by atoms with Gasteiger partial charge in [0.05, 0.1) is 18.0 Å². The zero-order valence-electron chi connectivity index (χ0n) is 19.7. The van der Waals surface area contributed by atoms with Gasteiger partial charge in [0.15, 0.2) is 12.0 Å². The molecule has 0 bridgehead atoms. The van der Waals surface area contributed by atoms with Crippen molar-refractivity contribution in [2.24, 2.45) is 4.99 Å². The summed E-state index contributed by atoms with van der Waals surface area (Å²) < 4.78 is 6.25. The van der Waals surface area contributed by atoms with Gasteiger partial charge in [0.1, 0.15) is 5.70 Å². The molecule has 0 amide bonds. The van der Waals surface area contributed by atoms with Crippen molar-refractivity contribution < 1.29 is 9.53 Å². The maximum Gasteiger partial charge on any atom is 0.186 e. The van der Waals surface area contributed by atoms with Crippen LogP contribution in [0.25, 0.3) is 0 Å². The summed E-state index contributed by atoms with van der Waals surface area (Å²) in [5.41, 5.74) is 4.31. The third-order valence-corrected chi connectivity index (χ3v) is 6.50. The fraction of sp³-hybridized carbons (Fsp3) is 0.429. The van der Waals surface area contributed by atoms with Crippen LogP contribution in [0, 0.1) is 6.92 Å². The number of aryl methyl sites for hydroxylation is 1. The van der Waals surface area contributed by atoms with E-state index in [9.17, 15) is 4.79 Å². The zero-order valence-corrected chi connectivity index (χ0v) is 19.7. The number of para-hydroxylation sites is 1. The minimum Gasteiger partial charge on any atom is -0.485 e. The number of carbonyl (C=O) groups excluding carboxylic acids is 1. The number of aliphatic imine (C=N–C) groups is 1. The number of hydrogen-bond acceptors (Lipinski definition) is 5. The monoisotopic (exact) mass is 445 g/mol. The molecular weight excluding hydrogens is 410 g/mol. The predicted molar refractivity (Wildman–Crippen MR) is 134 cm³/mol. The van der Waals surface area contributed by atoms with Crippen LogP contribution < -0.4 is 0 Å². The van der Waals surface area contributed by atoms with E-state index in [1.807, 2.05) is 36.5 Å². The largest absolute Gasteiger partial charge is 0.485 e. The number of nitrogens with zero attached hydrogens (tertiary/aromatic N) is 3. The van der Waals surface area contributed by atoms with Gasteiger partial charge >= 0.3 is 0 Å². The third kappa shape index (κ3) is 6.78. The summed E-state index contributed by atoms with van der Waals surface area (Å²) in [6.07, 6.45) is 8.45. The first kappa shape index (κ1) is 23.2. The smallest absolute Gasteiger partial charge is 0.186 e. The molecule has 2 fully saturated rings. The molecule has 33 heavy (non-hydrogen) atoms. The molecular formula is C28H35N3O2. The Morgan fingerprint density at radius 1 is 1.00 bits per heavy atom. The summed E-state index contributed by atoms with van der Waals surface area (Å²) in [6.45, 7) is 6.64. The van der Waals surface area contributed by atoms with Gasteiger partial charge in [-0.3, -0.25) is 14.7 Å². The highest BCUT2D eigenvalue weighted by Crippen LogP contribution is 2.24. The number of aldehydes is 1. The van der Waals surface area contributed by atoms with Gasteiger partial charge in [0.2, 0.25) is 0 Å². The molecule has 174 valence electrons. The van der Waals surface area contributed by atoms with E-state index in [1.54, 1.807) is 0 Å². The van der Waals surface area contributed by atoms with E-state index in [2.05, 4.69) is 46.0 Å². The van der Waals surface area contributed by atoms with Crippen LogP contribution in [0.1, 0.15) is 43.2 Å². The average molecular weight is 446 g/mol. The lowest BCUT2D eigenvalue weighted by Crippen LogP contribution is -2.46. The second-order valence-corrected chi connectivity index (χ2v) is 9.09. The number of hydrogen-bond donors (Lipinski definition) is 0. The van der Waals surface area contributed by atoms with E-state index in [-0.39, 0.29) is 6.10 Å². The maximum absolute atomic E-state index is 12.1. The molecule has 1 saturated carbocycles. The fourth-order valence-electron chi connectivity index (χ4n) is 4.68. The van der Waals surface area contributed by atoms with Crippen LogP contribution in [-0.4, -0.2) is 54.6 Å². The zero-order chi connectivity index (χ0) is 22.9. The van der Waals surface area contributed by atoms with Gasteiger partial charge in [-0.1, -0.05) is 54.4 Å². The van der Waals surface area contributed by atoms with E-state index in [0.717, 1.165) is 63.2 Å². The van der Waals surface area contributed by atoms with Crippen LogP contribution in [0.3, 0.4) is 0 Å². The Morgan fingerprint density at radius 3 is 2.45 bits per heavy atom. The van der Waals surface area contributed by atoms with Crippen molar-refractivity contribution in [2.75, 3.05) is 26.2 Å². The number of piperazine rings is 1. The van der Waals surface area contributed by atoms with Gasteiger partial charge < -0.3 is 9.64 Å². The molecule has 2 aromatic carbocycles. The molecule has 0 spiro atoms. The molecule has 0 radical (unpaired) electrons. The number of ether oxygens (including phenoxy) is 1. The van der Waals surface area contributed by atoms with Crippen molar-refractivity contribution in [2.45, 2.75) is 51.7 Å². The molecule has 2 aliphatic rings. The highest BCUT2D eigenvalue weighted by Gasteiger charge is 2.24. The molecule has 1 aliphatic carbocycles. The summed E-state index contributed by atoms with van der Waals surface area (Å²) in [6, 6.07) is 18.6. The summed E-state index contributed by atoms with van der Waals surface area (Å²) in [5, 5.41) is 0. The topological polar surface area (TPSA) is 45.1 Å². The summed E-state index contributed by atoms with van der Waals surface area (Å²) in [4.78, 5) is 21.5. The molecule has 1 saturated heterocycles. The van der Waals surface area contributed by atoms with Crippen molar-refractivity contribution in [1.29, 1.82) is 0 Å². The number of rotatable bonds is 8. The SMILES string of the molecule is Cc1cccc(CN2CCN(/C(C=Nc3ccccc3)=C(/C=O)OC3CCCCC3)CC2)c1. The number of benzene rings is 2. The van der Waals surface area contributed by atoms with Crippen LogP contribution in [0.15, 0.2) is 71.0 Å². The van der Waals surface area contributed by atoms with E-state index in [4.69, 9.17) is 4.74 Å². The first-order valence-corrected chi connectivity index (χ1v) is 12.2. The molecule has 5 nitrogen and oxygen atoms in total. The average Bonchev–Trinajstić information content (AvgIpc) is 2.85.